The van der Waals surface area contributed by atoms with Crippen molar-refractivity contribution in [2.75, 3.05) is 7.11 Å². The first kappa shape index (κ1) is 25.0. The maximum Gasteiger partial charge on any atom is 0.253 e. The van der Waals surface area contributed by atoms with Crippen LogP contribution in [0.2, 0.25) is 0 Å². The lowest BCUT2D eigenvalue weighted by molar-refractivity contribution is -0.118. The fraction of sp³-hybridized carbons (Fsp3) is 0.321. The number of methoxy groups -OCH3 is 1. The number of carbonyl (C=O) groups excluding carboxylic acids is 2. The van der Waals surface area contributed by atoms with Gasteiger partial charge in [-0.2, -0.15) is 0 Å². The molecule has 0 aliphatic carbocycles. The molecular formula is C28H30N4O4. The number of fused-ring (bicyclic) bond motifs is 1. The summed E-state index contributed by atoms with van der Waals surface area (Å²) < 4.78 is 11.7. The van der Waals surface area contributed by atoms with E-state index in [4.69, 9.17) is 9.15 Å². The van der Waals surface area contributed by atoms with E-state index in [0.29, 0.717) is 47.9 Å². The van der Waals surface area contributed by atoms with Gasteiger partial charge in [-0.3, -0.25) is 14.6 Å². The average molecular weight is 487 g/mol. The van der Waals surface area contributed by atoms with Crippen LogP contribution in [-0.2, 0) is 4.79 Å². The van der Waals surface area contributed by atoms with E-state index < -0.39 is 6.04 Å². The van der Waals surface area contributed by atoms with Gasteiger partial charge in [-0.1, -0.05) is 38.0 Å². The van der Waals surface area contributed by atoms with E-state index in [1.165, 1.54) is 6.20 Å². The van der Waals surface area contributed by atoms with Gasteiger partial charge in [0.1, 0.15) is 11.8 Å². The van der Waals surface area contributed by atoms with Crippen molar-refractivity contribution in [2.45, 2.75) is 51.5 Å². The molecule has 8 nitrogen and oxygen atoms in total. The summed E-state index contributed by atoms with van der Waals surface area (Å²) in [5.41, 5.74) is 1.97. The van der Waals surface area contributed by atoms with Crippen molar-refractivity contribution in [1.82, 2.24) is 20.3 Å². The highest BCUT2D eigenvalue weighted by Gasteiger charge is 2.22. The average Bonchev–Trinajstić information content (AvgIpc) is 3.41. The van der Waals surface area contributed by atoms with Crippen molar-refractivity contribution in [3.05, 3.63) is 72.5 Å². The summed E-state index contributed by atoms with van der Waals surface area (Å²) in [6.07, 6.45) is 9.07. The lowest BCUT2D eigenvalue weighted by atomic mass is 10.0. The zero-order chi connectivity index (χ0) is 25.3. The van der Waals surface area contributed by atoms with Gasteiger partial charge in [-0.05, 0) is 37.1 Å². The number of Topliss-reactive ketones (excluding diaryl/α,β-unsaturated/α-hetero) is 1. The Morgan fingerprint density at radius 2 is 1.94 bits per heavy atom. The number of oxazole rings is 1. The summed E-state index contributed by atoms with van der Waals surface area (Å²) in [4.78, 5) is 37.6. The highest BCUT2D eigenvalue weighted by atomic mass is 16.5. The second-order valence-corrected chi connectivity index (χ2v) is 8.56. The minimum absolute atomic E-state index is 0.251. The Morgan fingerprint density at radius 3 is 2.72 bits per heavy atom. The molecule has 1 atom stereocenters. The van der Waals surface area contributed by atoms with Crippen molar-refractivity contribution < 1.29 is 18.7 Å². The third-order valence-corrected chi connectivity index (χ3v) is 6.04. The molecular weight excluding hydrogens is 456 g/mol. The van der Waals surface area contributed by atoms with Crippen LogP contribution in [0.4, 0.5) is 0 Å². The molecule has 0 aliphatic heterocycles. The van der Waals surface area contributed by atoms with Crippen molar-refractivity contribution in [1.29, 1.82) is 0 Å². The standard InChI is InChI=1S/C28H30N4O4/c1-3-21(33)12-5-4-6-14-24(31-26(34)20-11-9-15-29-17-20)28-30-18-25(36-28)22-16-19-10-7-8-13-23(19)32-27(22)35-2/h7-11,13,15-18,24H,3-6,12,14H2,1-2H3,(H,31,34). The first-order valence-electron chi connectivity index (χ1n) is 12.2. The SMILES string of the molecule is CCC(=O)CCCCCC(NC(=O)c1cccnc1)c1ncc(-c2cc3ccccc3nc2OC)o1. The van der Waals surface area contributed by atoms with Crippen molar-refractivity contribution in [3.63, 3.8) is 0 Å². The largest absolute Gasteiger partial charge is 0.480 e. The van der Waals surface area contributed by atoms with Gasteiger partial charge in [0.15, 0.2) is 5.76 Å². The molecule has 1 unspecified atom stereocenters. The number of pyridine rings is 2. The highest BCUT2D eigenvalue weighted by molar-refractivity contribution is 5.94. The quantitative estimate of drug-likeness (QED) is 0.256. The topological polar surface area (TPSA) is 107 Å². The lowest BCUT2D eigenvalue weighted by Crippen LogP contribution is -2.29. The number of unbranched alkanes of at least 4 members (excludes halogenated alkanes) is 2. The number of amides is 1. The molecule has 186 valence electrons. The van der Waals surface area contributed by atoms with Crippen LogP contribution in [0.25, 0.3) is 22.2 Å². The third-order valence-electron chi connectivity index (χ3n) is 6.04. The number of nitrogens with zero attached hydrogens (tertiary/aromatic N) is 3. The maximum atomic E-state index is 12.9. The number of carbonyl (C=O) groups is 2. The first-order valence-corrected chi connectivity index (χ1v) is 12.2. The Hall–Kier alpha value is -4.07. The lowest BCUT2D eigenvalue weighted by Gasteiger charge is -2.16. The molecule has 1 N–H and O–H groups in total. The van der Waals surface area contributed by atoms with Crippen LogP contribution in [0, 0.1) is 0 Å². The van der Waals surface area contributed by atoms with Gasteiger partial charge < -0.3 is 14.5 Å². The van der Waals surface area contributed by atoms with Crippen molar-refractivity contribution in [3.8, 4) is 17.2 Å². The molecule has 4 aromatic rings. The molecule has 0 fully saturated rings. The summed E-state index contributed by atoms with van der Waals surface area (Å²) in [5.74, 6) is 1.37. The number of ketones is 1. The van der Waals surface area contributed by atoms with E-state index in [9.17, 15) is 9.59 Å². The smallest absolute Gasteiger partial charge is 0.253 e. The number of hydrogen-bond acceptors (Lipinski definition) is 7. The fourth-order valence-corrected chi connectivity index (χ4v) is 4.02. The monoisotopic (exact) mass is 486 g/mol. The zero-order valence-corrected chi connectivity index (χ0v) is 20.6. The Balaban J connectivity index is 1.55. The summed E-state index contributed by atoms with van der Waals surface area (Å²) in [5, 5.41) is 3.99. The Bertz CT molecular complexity index is 1320. The van der Waals surface area contributed by atoms with E-state index in [0.717, 1.165) is 30.2 Å². The summed E-state index contributed by atoms with van der Waals surface area (Å²) in [6.45, 7) is 1.88. The molecule has 1 aromatic carbocycles. The van der Waals surface area contributed by atoms with E-state index in [1.807, 2.05) is 37.3 Å². The Morgan fingerprint density at radius 1 is 1.08 bits per heavy atom. The molecule has 0 aliphatic rings. The van der Waals surface area contributed by atoms with Gasteiger partial charge in [0.05, 0.1) is 30.0 Å². The van der Waals surface area contributed by atoms with Crippen LogP contribution in [0.15, 0.2) is 65.5 Å². The Kier molecular flexibility index (Phi) is 8.39. The number of ether oxygens (including phenoxy) is 1. The van der Waals surface area contributed by atoms with Gasteiger partial charge in [-0.15, -0.1) is 0 Å². The van der Waals surface area contributed by atoms with Gasteiger partial charge in [0.2, 0.25) is 11.8 Å². The van der Waals surface area contributed by atoms with Crippen LogP contribution in [0.3, 0.4) is 0 Å². The predicted molar refractivity (Wildman–Crippen MR) is 137 cm³/mol. The molecule has 0 spiro atoms. The molecule has 0 radical (unpaired) electrons. The Labute approximate surface area is 210 Å². The molecule has 0 bridgehead atoms. The number of aromatic nitrogens is 3. The zero-order valence-electron chi connectivity index (χ0n) is 20.6. The minimum Gasteiger partial charge on any atom is -0.480 e. The van der Waals surface area contributed by atoms with Gasteiger partial charge in [0.25, 0.3) is 5.91 Å². The molecule has 3 aromatic heterocycles. The van der Waals surface area contributed by atoms with Crippen LogP contribution < -0.4 is 10.1 Å². The van der Waals surface area contributed by atoms with Gasteiger partial charge >= 0.3 is 0 Å². The second kappa shape index (κ2) is 12.1. The number of para-hydroxylation sites is 1. The number of hydrogen-bond donors (Lipinski definition) is 1. The van der Waals surface area contributed by atoms with E-state index in [1.54, 1.807) is 31.6 Å². The predicted octanol–water partition coefficient (Wildman–Crippen LogP) is 5.69. The number of rotatable bonds is 12. The van der Waals surface area contributed by atoms with Crippen LogP contribution >= 0.6 is 0 Å². The van der Waals surface area contributed by atoms with E-state index in [2.05, 4.69) is 20.3 Å². The van der Waals surface area contributed by atoms with Crippen LogP contribution in [0.1, 0.15) is 67.7 Å². The van der Waals surface area contributed by atoms with Gasteiger partial charge in [-0.25, -0.2) is 9.97 Å². The molecule has 8 heteroatoms. The second-order valence-electron chi connectivity index (χ2n) is 8.56. The first-order chi connectivity index (χ1) is 17.6. The summed E-state index contributed by atoms with van der Waals surface area (Å²) in [6, 6.07) is 12.7. The van der Waals surface area contributed by atoms with E-state index in [-0.39, 0.29) is 11.7 Å². The van der Waals surface area contributed by atoms with Gasteiger partial charge in [0, 0.05) is 30.6 Å². The molecule has 0 saturated heterocycles. The molecule has 36 heavy (non-hydrogen) atoms. The van der Waals surface area contributed by atoms with Crippen LogP contribution in [-0.4, -0.2) is 33.8 Å². The molecule has 4 rings (SSSR count). The summed E-state index contributed by atoms with van der Waals surface area (Å²) in [7, 11) is 1.57. The van der Waals surface area contributed by atoms with Crippen LogP contribution in [0.5, 0.6) is 5.88 Å². The number of nitrogens with one attached hydrogen (secondary N) is 1. The normalized spacial score (nSPS) is 11.8. The minimum atomic E-state index is -0.437. The summed E-state index contributed by atoms with van der Waals surface area (Å²) >= 11 is 0. The molecule has 3 heterocycles. The maximum absolute atomic E-state index is 12.9. The van der Waals surface area contributed by atoms with Crippen molar-refractivity contribution in [2.24, 2.45) is 0 Å². The molecule has 0 saturated carbocycles. The van der Waals surface area contributed by atoms with E-state index >= 15 is 0 Å². The highest BCUT2D eigenvalue weighted by Crippen LogP contribution is 2.33. The van der Waals surface area contributed by atoms with Crippen molar-refractivity contribution >= 4 is 22.6 Å². The molecule has 1 amide bonds. The number of benzene rings is 1. The third kappa shape index (κ3) is 6.13. The fourth-order valence-electron chi connectivity index (χ4n) is 4.02.